The molecule has 1 N–H and O–H groups in total. The Hall–Kier alpha value is -2.41. The van der Waals surface area contributed by atoms with Crippen LogP contribution in [0.3, 0.4) is 0 Å². The first-order chi connectivity index (χ1) is 12.0. The highest BCUT2D eigenvalue weighted by Crippen LogP contribution is 2.17. The van der Waals surface area contributed by atoms with Gasteiger partial charge in [-0.2, -0.15) is 0 Å². The van der Waals surface area contributed by atoms with Crippen LogP contribution in [-0.2, 0) is 6.54 Å². The van der Waals surface area contributed by atoms with E-state index in [0.29, 0.717) is 17.8 Å². The maximum Gasteiger partial charge on any atom is 0.321 e. The van der Waals surface area contributed by atoms with Crippen LogP contribution in [0.5, 0.6) is 0 Å². The number of nitrogens with one attached hydrogen (secondary N) is 1. The Morgan fingerprint density at radius 1 is 1.24 bits per heavy atom. The van der Waals surface area contributed by atoms with E-state index in [9.17, 15) is 9.59 Å². The third-order valence-corrected chi connectivity index (χ3v) is 5.08. The first-order valence-electron chi connectivity index (χ1n) is 8.36. The Balaban J connectivity index is 1.56. The monoisotopic (exact) mass is 358 g/mol. The average molecular weight is 358 g/mol. The lowest BCUT2D eigenvalue weighted by Crippen LogP contribution is -2.30. The van der Waals surface area contributed by atoms with Crippen LogP contribution in [-0.4, -0.2) is 46.9 Å². The number of carbonyl (C=O) groups excluding carboxylic acids is 2. The van der Waals surface area contributed by atoms with Crippen molar-refractivity contribution < 1.29 is 9.59 Å². The van der Waals surface area contributed by atoms with Crippen molar-refractivity contribution in [3.05, 3.63) is 45.9 Å². The molecule has 1 aliphatic heterocycles. The SMILES string of the molecule is Cc1ncc(CN(C)C(=O)Nc2ccc(C(=O)N3CCCC3)cc2)s1. The van der Waals surface area contributed by atoms with E-state index >= 15 is 0 Å². The molecule has 3 amide bonds. The van der Waals surface area contributed by atoms with Gasteiger partial charge in [0.2, 0.25) is 0 Å². The number of hydrogen-bond acceptors (Lipinski definition) is 4. The summed E-state index contributed by atoms with van der Waals surface area (Å²) < 4.78 is 0. The molecular formula is C18H22N4O2S. The maximum atomic E-state index is 12.3. The van der Waals surface area contributed by atoms with Gasteiger partial charge in [-0.1, -0.05) is 0 Å². The van der Waals surface area contributed by atoms with Gasteiger partial charge in [0, 0.05) is 42.5 Å². The Morgan fingerprint density at radius 3 is 2.52 bits per heavy atom. The summed E-state index contributed by atoms with van der Waals surface area (Å²) in [6, 6.07) is 6.88. The number of amides is 3. The van der Waals surface area contributed by atoms with Gasteiger partial charge in [0.25, 0.3) is 5.91 Å². The van der Waals surface area contributed by atoms with Gasteiger partial charge in [-0.05, 0) is 44.0 Å². The van der Waals surface area contributed by atoms with Crippen LogP contribution >= 0.6 is 11.3 Å². The molecule has 0 saturated carbocycles. The molecular weight excluding hydrogens is 336 g/mol. The molecule has 3 rings (SSSR count). The van der Waals surface area contributed by atoms with Crippen LogP contribution in [0.2, 0.25) is 0 Å². The van der Waals surface area contributed by atoms with Gasteiger partial charge >= 0.3 is 6.03 Å². The summed E-state index contributed by atoms with van der Waals surface area (Å²) in [5.41, 5.74) is 1.34. The van der Waals surface area contributed by atoms with Crippen molar-refractivity contribution in [3.8, 4) is 0 Å². The van der Waals surface area contributed by atoms with E-state index in [1.54, 1.807) is 53.7 Å². The van der Waals surface area contributed by atoms with E-state index < -0.39 is 0 Å². The molecule has 7 heteroatoms. The highest BCUT2D eigenvalue weighted by Gasteiger charge is 2.19. The van der Waals surface area contributed by atoms with Crippen LogP contribution < -0.4 is 5.32 Å². The molecule has 0 spiro atoms. The average Bonchev–Trinajstić information content (AvgIpc) is 3.27. The predicted octanol–water partition coefficient (Wildman–Crippen LogP) is 3.35. The van der Waals surface area contributed by atoms with E-state index in [0.717, 1.165) is 35.8 Å². The number of nitrogens with zero attached hydrogens (tertiary/aromatic N) is 3. The summed E-state index contributed by atoms with van der Waals surface area (Å²) >= 11 is 1.58. The Labute approximate surface area is 151 Å². The van der Waals surface area contributed by atoms with Gasteiger partial charge in [-0.25, -0.2) is 9.78 Å². The molecule has 1 fully saturated rings. The zero-order valence-electron chi connectivity index (χ0n) is 14.5. The van der Waals surface area contributed by atoms with Gasteiger partial charge < -0.3 is 15.1 Å². The largest absolute Gasteiger partial charge is 0.339 e. The molecule has 0 radical (unpaired) electrons. The fourth-order valence-electron chi connectivity index (χ4n) is 2.80. The lowest BCUT2D eigenvalue weighted by Gasteiger charge is -2.18. The number of rotatable bonds is 4. The molecule has 132 valence electrons. The normalized spacial score (nSPS) is 13.8. The number of benzene rings is 1. The van der Waals surface area contributed by atoms with Gasteiger partial charge in [0.1, 0.15) is 0 Å². The van der Waals surface area contributed by atoms with E-state index in [1.807, 2.05) is 11.8 Å². The number of likely N-dealkylation sites (tertiary alicyclic amines) is 1. The van der Waals surface area contributed by atoms with Crippen molar-refractivity contribution in [2.24, 2.45) is 0 Å². The summed E-state index contributed by atoms with van der Waals surface area (Å²) in [4.78, 5) is 33.3. The summed E-state index contributed by atoms with van der Waals surface area (Å²) in [5, 5.41) is 3.84. The highest BCUT2D eigenvalue weighted by molar-refractivity contribution is 7.11. The molecule has 6 nitrogen and oxygen atoms in total. The second kappa shape index (κ2) is 7.65. The van der Waals surface area contributed by atoms with Gasteiger partial charge in [-0.3, -0.25) is 4.79 Å². The van der Waals surface area contributed by atoms with E-state index in [-0.39, 0.29) is 11.9 Å². The van der Waals surface area contributed by atoms with E-state index in [1.165, 1.54) is 0 Å². The molecule has 1 aliphatic rings. The quantitative estimate of drug-likeness (QED) is 0.911. The summed E-state index contributed by atoms with van der Waals surface area (Å²) in [5.74, 6) is 0.0630. The summed E-state index contributed by atoms with van der Waals surface area (Å²) in [6.07, 6.45) is 3.94. The number of urea groups is 1. The smallest absolute Gasteiger partial charge is 0.321 e. The topological polar surface area (TPSA) is 65.5 Å². The van der Waals surface area contributed by atoms with Crippen LogP contribution in [0.25, 0.3) is 0 Å². The van der Waals surface area contributed by atoms with Crippen molar-refractivity contribution in [1.29, 1.82) is 0 Å². The number of anilines is 1. The summed E-state index contributed by atoms with van der Waals surface area (Å²) in [7, 11) is 1.75. The fourth-order valence-corrected chi connectivity index (χ4v) is 3.65. The standard InChI is InChI=1S/C18H22N4O2S/c1-13-19-11-16(25-13)12-21(2)18(24)20-15-7-5-14(6-8-15)17(23)22-9-3-4-10-22/h5-8,11H,3-4,9-10,12H2,1-2H3,(H,20,24). The minimum atomic E-state index is -0.190. The second-order valence-electron chi connectivity index (χ2n) is 6.21. The van der Waals surface area contributed by atoms with Crippen molar-refractivity contribution >= 4 is 29.0 Å². The molecule has 0 aliphatic carbocycles. The van der Waals surface area contributed by atoms with Crippen molar-refractivity contribution in [2.45, 2.75) is 26.3 Å². The maximum absolute atomic E-state index is 12.3. The Kier molecular flexibility index (Phi) is 5.33. The number of carbonyl (C=O) groups is 2. The van der Waals surface area contributed by atoms with E-state index in [4.69, 9.17) is 0 Å². The molecule has 0 atom stereocenters. The zero-order valence-corrected chi connectivity index (χ0v) is 15.3. The van der Waals surface area contributed by atoms with Crippen LogP contribution in [0.15, 0.2) is 30.5 Å². The van der Waals surface area contributed by atoms with Gasteiger partial charge in [0.05, 0.1) is 11.6 Å². The third-order valence-electron chi connectivity index (χ3n) is 4.19. The molecule has 1 saturated heterocycles. The first-order valence-corrected chi connectivity index (χ1v) is 9.17. The van der Waals surface area contributed by atoms with Gasteiger partial charge in [0.15, 0.2) is 0 Å². The number of thiazole rings is 1. The van der Waals surface area contributed by atoms with Crippen LogP contribution in [0, 0.1) is 6.92 Å². The van der Waals surface area contributed by atoms with Crippen molar-refractivity contribution in [2.75, 3.05) is 25.5 Å². The predicted molar refractivity (Wildman–Crippen MR) is 98.9 cm³/mol. The van der Waals surface area contributed by atoms with Gasteiger partial charge in [-0.15, -0.1) is 11.3 Å². The first kappa shape index (κ1) is 17.4. The molecule has 2 aromatic rings. The molecule has 2 heterocycles. The molecule has 0 unspecified atom stereocenters. The third kappa shape index (κ3) is 4.36. The second-order valence-corrected chi connectivity index (χ2v) is 7.53. The molecule has 1 aromatic heterocycles. The summed E-state index contributed by atoms with van der Waals surface area (Å²) in [6.45, 7) is 4.13. The number of aryl methyl sites for hydroxylation is 1. The van der Waals surface area contributed by atoms with Crippen molar-refractivity contribution in [3.63, 3.8) is 0 Å². The van der Waals surface area contributed by atoms with Crippen LogP contribution in [0.4, 0.5) is 10.5 Å². The zero-order chi connectivity index (χ0) is 17.8. The minimum Gasteiger partial charge on any atom is -0.339 e. The number of hydrogen-bond donors (Lipinski definition) is 1. The van der Waals surface area contributed by atoms with E-state index in [2.05, 4.69) is 10.3 Å². The Bertz CT molecular complexity index is 751. The lowest BCUT2D eigenvalue weighted by atomic mass is 10.2. The molecule has 1 aromatic carbocycles. The Morgan fingerprint density at radius 2 is 1.92 bits per heavy atom. The van der Waals surface area contributed by atoms with Crippen molar-refractivity contribution in [1.82, 2.24) is 14.8 Å². The number of aromatic nitrogens is 1. The molecule has 0 bridgehead atoms. The molecule has 25 heavy (non-hydrogen) atoms. The van der Waals surface area contributed by atoms with Crippen LogP contribution in [0.1, 0.15) is 33.1 Å². The highest BCUT2D eigenvalue weighted by atomic mass is 32.1. The minimum absolute atomic E-state index is 0.0630. The lowest BCUT2D eigenvalue weighted by molar-refractivity contribution is 0.0793. The fraction of sp³-hybridized carbons (Fsp3) is 0.389.